The summed E-state index contributed by atoms with van der Waals surface area (Å²) >= 11 is 0. The van der Waals surface area contributed by atoms with Gasteiger partial charge in [-0.25, -0.2) is 19.6 Å². The maximum atomic E-state index is 5.72. The van der Waals surface area contributed by atoms with Crippen molar-refractivity contribution >= 4 is 0 Å². The standard InChI is InChI=1S/C8H14O5/c1-3-9-11-5-7(1)13-8-2-4-10-12-6-8/h7-8H,1-6H2. The third kappa shape index (κ3) is 2.89. The Labute approximate surface area is 76.7 Å². The van der Waals surface area contributed by atoms with Crippen molar-refractivity contribution in [2.24, 2.45) is 0 Å². The van der Waals surface area contributed by atoms with Gasteiger partial charge in [0.25, 0.3) is 0 Å². The molecular weight excluding hydrogens is 176 g/mol. The lowest BCUT2D eigenvalue weighted by atomic mass is 10.2. The number of hydrogen-bond acceptors (Lipinski definition) is 5. The molecule has 2 unspecified atom stereocenters. The second kappa shape index (κ2) is 4.88. The molecule has 0 aromatic carbocycles. The topological polar surface area (TPSA) is 46.2 Å². The zero-order valence-electron chi connectivity index (χ0n) is 7.44. The van der Waals surface area contributed by atoms with E-state index in [4.69, 9.17) is 24.3 Å². The molecule has 0 bridgehead atoms. The average molecular weight is 190 g/mol. The minimum Gasteiger partial charge on any atom is -0.370 e. The molecule has 0 aliphatic carbocycles. The van der Waals surface area contributed by atoms with E-state index in [-0.39, 0.29) is 12.2 Å². The Balaban J connectivity index is 1.69. The first kappa shape index (κ1) is 9.36. The molecule has 2 heterocycles. The highest BCUT2D eigenvalue weighted by atomic mass is 17.2. The number of hydrogen-bond donors (Lipinski definition) is 0. The van der Waals surface area contributed by atoms with E-state index in [2.05, 4.69) is 0 Å². The van der Waals surface area contributed by atoms with E-state index in [1.165, 1.54) is 0 Å². The Kier molecular flexibility index (Phi) is 3.51. The van der Waals surface area contributed by atoms with Crippen LogP contribution < -0.4 is 0 Å². The summed E-state index contributed by atoms with van der Waals surface area (Å²) in [5.74, 6) is 0. The van der Waals surface area contributed by atoms with Gasteiger partial charge in [-0.15, -0.1) is 0 Å². The maximum absolute atomic E-state index is 5.72. The van der Waals surface area contributed by atoms with Crippen molar-refractivity contribution in [2.75, 3.05) is 26.4 Å². The monoisotopic (exact) mass is 190 g/mol. The van der Waals surface area contributed by atoms with Crippen molar-refractivity contribution in [3.8, 4) is 0 Å². The second-order valence-corrected chi connectivity index (χ2v) is 3.17. The Morgan fingerprint density at radius 3 is 1.69 bits per heavy atom. The van der Waals surface area contributed by atoms with Crippen molar-refractivity contribution in [2.45, 2.75) is 25.0 Å². The van der Waals surface area contributed by atoms with Crippen molar-refractivity contribution in [1.82, 2.24) is 0 Å². The smallest absolute Gasteiger partial charge is 0.108 e. The first-order chi connectivity index (χ1) is 6.45. The van der Waals surface area contributed by atoms with Crippen LogP contribution in [0.2, 0.25) is 0 Å². The van der Waals surface area contributed by atoms with E-state index in [1.807, 2.05) is 0 Å². The first-order valence-corrected chi connectivity index (χ1v) is 4.59. The van der Waals surface area contributed by atoms with Crippen LogP contribution >= 0.6 is 0 Å². The fraction of sp³-hybridized carbons (Fsp3) is 1.00. The summed E-state index contributed by atoms with van der Waals surface area (Å²) in [6, 6.07) is 0. The van der Waals surface area contributed by atoms with Gasteiger partial charge in [0.05, 0.1) is 25.4 Å². The summed E-state index contributed by atoms with van der Waals surface area (Å²) < 4.78 is 5.72. The van der Waals surface area contributed by atoms with Gasteiger partial charge in [-0.2, -0.15) is 0 Å². The quantitative estimate of drug-likeness (QED) is 0.591. The molecule has 0 spiro atoms. The van der Waals surface area contributed by atoms with E-state index in [0.717, 1.165) is 12.8 Å². The summed E-state index contributed by atoms with van der Waals surface area (Å²) in [6.07, 6.45) is 2.05. The van der Waals surface area contributed by atoms with Crippen LogP contribution in [0.4, 0.5) is 0 Å². The molecule has 0 amide bonds. The zero-order valence-corrected chi connectivity index (χ0v) is 7.44. The highest BCUT2D eigenvalue weighted by Crippen LogP contribution is 2.14. The Bertz CT molecular complexity index is 123. The summed E-state index contributed by atoms with van der Waals surface area (Å²) in [7, 11) is 0. The number of rotatable bonds is 2. The second-order valence-electron chi connectivity index (χ2n) is 3.17. The van der Waals surface area contributed by atoms with E-state index < -0.39 is 0 Å². The van der Waals surface area contributed by atoms with Gasteiger partial charge in [-0.3, -0.25) is 0 Å². The van der Waals surface area contributed by atoms with Crippen LogP contribution in [0, 0.1) is 0 Å². The van der Waals surface area contributed by atoms with Crippen LogP contribution in [-0.4, -0.2) is 38.6 Å². The maximum Gasteiger partial charge on any atom is 0.108 e. The lowest BCUT2D eigenvalue weighted by Crippen LogP contribution is -2.35. The van der Waals surface area contributed by atoms with Gasteiger partial charge in [0.1, 0.15) is 13.2 Å². The summed E-state index contributed by atoms with van der Waals surface area (Å²) in [5, 5.41) is 0. The van der Waals surface area contributed by atoms with E-state index >= 15 is 0 Å². The molecule has 2 rings (SSSR count). The lowest BCUT2D eigenvalue weighted by Gasteiger charge is -2.28. The molecule has 0 aromatic rings. The van der Waals surface area contributed by atoms with Gasteiger partial charge in [0.2, 0.25) is 0 Å². The van der Waals surface area contributed by atoms with Gasteiger partial charge in [-0.05, 0) is 0 Å². The minimum atomic E-state index is 0.139. The molecule has 2 saturated heterocycles. The molecule has 5 heteroatoms. The zero-order chi connectivity index (χ0) is 8.93. The third-order valence-corrected chi connectivity index (χ3v) is 2.11. The van der Waals surface area contributed by atoms with Crippen LogP contribution in [0.15, 0.2) is 0 Å². The van der Waals surface area contributed by atoms with Crippen LogP contribution in [0.1, 0.15) is 12.8 Å². The third-order valence-electron chi connectivity index (χ3n) is 2.11. The molecule has 0 saturated carbocycles. The van der Waals surface area contributed by atoms with Crippen LogP contribution in [0.5, 0.6) is 0 Å². The van der Waals surface area contributed by atoms with Crippen LogP contribution in [0.25, 0.3) is 0 Å². The van der Waals surface area contributed by atoms with Crippen molar-refractivity contribution < 1.29 is 24.3 Å². The molecule has 2 fully saturated rings. The van der Waals surface area contributed by atoms with E-state index in [9.17, 15) is 0 Å². The highest BCUT2D eigenvalue weighted by molar-refractivity contribution is 4.65. The number of ether oxygens (including phenoxy) is 1. The van der Waals surface area contributed by atoms with Crippen molar-refractivity contribution in [3.05, 3.63) is 0 Å². The molecular formula is C8H14O5. The molecule has 2 atom stereocenters. The predicted molar refractivity (Wildman–Crippen MR) is 41.7 cm³/mol. The van der Waals surface area contributed by atoms with E-state index in [1.54, 1.807) is 0 Å². The molecule has 0 N–H and O–H groups in total. The fourth-order valence-corrected chi connectivity index (χ4v) is 1.38. The molecule has 2 aliphatic rings. The average Bonchev–Trinajstić information content (AvgIpc) is 2.21. The van der Waals surface area contributed by atoms with Crippen molar-refractivity contribution in [3.63, 3.8) is 0 Å². The van der Waals surface area contributed by atoms with Gasteiger partial charge in [0, 0.05) is 12.8 Å². The molecule has 13 heavy (non-hydrogen) atoms. The molecule has 0 aromatic heterocycles. The Hall–Kier alpha value is -0.200. The van der Waals surface area contributed by atoms with Gasteiger partial charge < -0.3 is 4.74 Å². The largest absolute Gasteiger partial charge is 0.370 e. The van der Waals surface area contributed by atoms with Crippen molar-refractivity contribution in [1.29, 1.82) is 0 Å². The molecule has 5 nitrogen and oxygen atoms in total. The molecule has 2 aliphatic heterocycles. The highest BCUT2D eigenvalue weighted by Gasteiger charge is 2.22. The fourth-order valence-electron chi connectivity index (χ4n) is 1.38. The summed E-state index contributed by atoms with van der Waals surface area (Å²) in [4.78, 5) is 19.2. The lowest BCUT2D eigenvalue weighted by molar-refractivity contribution is -0.358. The normalized spacial score (nSPS) is 36.0. The van der Waals surface area contributed by atoms with Gasteiger partial charge in [-0.1, -0.05) is 0 Å². The molecule has 0 radical (unpaired) electrons. The molecule has 76 valence electrons. The summed E-state index contributed by atoms with van der Waals surface area (Å²) in [5.41, 5.74) is 0. The summed E-state index contributed by atoms with van der Waals surface area (Å²) in [6.45, 7) is 2.23. The van der Waals surface area contributed by atoms with Crippen LogP contribution in [-0.2, 0) is 24.3 Å². The van der Waals surface area contributed by atoms with Gasteiger partial charge in [0.15, 0.2) is 0 Å². The van der Waals surface area contributed by atoms with E-state index in [0.29, 0.717) is 26.4 Å². The first-order valence-electron chi connectivity index (χ1n) is 4.59. The Morgan fingerprint density at radius 1 is 0.769 bits per heavy atom. The SMILES string of the molecule is C1CC(OC2CCOOC2)COO1. The predicted octanol–water partition coefficient (Wildman–Crippen LogP) is 0.444. The minimum absolute atomic E-state index is 0.139. The van der Waals surface area contributed by atoms with Gasteiger partial charge >= 0.3 is 0 Å². The van der Waals surface area contributed by atoms with Crippen LogP contribution in [0.3, 0.4) is 0 Å². The Morgan fingerprint density at radius 2 is 1.31 bits per heavy atom.